The molecule has 0 radical (unpaired) electrons. The van der Waals surface area contributed by atoms with Crippen LogP contribution in [0.1, 0.15) is 11.1 Å². The van der Waals surface area contributed by atoms with E-state index in [0.29, 0.717) is 6.54 Å². The summed E-state index contributed by atoms with van der Waals surface area (Å²) in [5.74, 6) is -0.322. The number of nitrogens with one attached hydrogen (secondary N) is 2. The Hall–Kier alpha value is -2.21. The number of hydrogen-bond acceptors (Lipinski definition) is 2. The van der Waals surface area contributed by atoms with Crippen molar-refractivity contribution in [1.82, 2.24) is 5.32 Å². The molecule has 0 heterocycles. The molecule has 0 saturated carbocycles. The fourth-order valence-electron chi connectivity index (χ4n) is 1.89. The van der Waals surface area contributed by atoms with Crippen LogP contribution in [0.25, 0.3) is 0 Å². The van der Waals surface area contributed by atoms with E-state index in [-0.39, 0.29) is 23.2 Å². The summed E-state index contributed by atoms with van der Waals surface area (Å²) in [6, 6.07) is 12.7. The van der Waals surface area contributed by atoms with Gasteiger partial charge in [0.05, 0.1) is 17.1 Å². The molecule has 122 valence electrons. The SMILES string of the molecule is O=C(CNc1ccc(Cl)c(C(F)(F)F)c1)NCc1ccccc1. The quantitative estimate of drug-likeness (QED) is 0.859. The molecule has 0 aliphatic carbocycles. The molecule has 2 aromatic rings. The summed E-state index contributed by atoms with van der Waals surface area (Å²) in [6.45, 7) is 0.224. The van der Waals surface area contributed by atoms with Crippen LogP contribution in [0.5, 0.6) is 0 Å². The monoisotopic (exact) mass is 342 g/mol. The van der Waals surface area contributed by atoms with Gasteiger partial charge in [0.1, 0.15) is 0 Å². The summed E-state index contributed by atoms with van der Waals surface area (Å²) in [7, 11) is 0. The molecule has 0 bridgehead atoms. The molecule has 0 fully saturated rings. The Balaban J connectivity index is 1.89. The highest BCUT2D eigenvalue weighted by molar-refractivity contribution is 6.31. The molecule has 7 heteroatoms. The molecule has 23 heavy (non-hydrogen) atoms. The zero-order valence-corrected chi connectivity index (χ0v) is 12.7. The van der Waals surface area contributed by atoms with Crippen LogP contribution in [0, 0.1) is 0 Å². The maximum atomic E-state index is 12.7. The molecule has 0 aliphatic rings. The van der Waals surface area contributed by atoms with Crippen molar-refractivity contribution in [2.24, 2.45) is 0 Å². The van der Waals surface area contributed by atoms with Crippen LogP contribution in [0.2, 0.25) is 5.02 Å². The van der Waals surface area contributed by atoms with E-state index in [4.69, 9.17) is 11.6 Å². The predicted octanol–water partition coefficient (Wildman–Crippen LogP) is 4.09. The molecule has 2 aromatic carbocycles. The van der Waals surface area contributed by atoms with Crippen LogP contribution in [-0.4, -0.2) is 12.5 Å². The third-order valence-corrected chi connectivity index (χ3v) is 3.39. The van der Waals surface area contributed by atoms with E-state index in [2.05, 4.69) is 10.6 Å². The second-order valence-corrected chi connectivity index (χ2v) is 5.22. The van der Waals surface area contributed by atoms with E-state index >= 15 is 0 Å². The smallest absolute Gasteiger partial charge is 0.376 e. The Labute approximate surface area is 136 Å². The molecule has 0 atom stereocenters. The van der Waals surface area contributed by atoms with Gasteiger partial charge in [0.25, 0.3) is 0 Å². The Bertz CT molecular complexity index is 675. The van der Waals surface area contributed by atoms with Gasteiger partial charge < -0.3 is 10.6 Å². The van der Waals surface area contributed by atoms with Crippen LogP contribution in [0.4, 0.5) is 18.9 Å². The third kappa shape index (κ3) is 5.17. The minimum Gasteiger partial charge on any atom is -0.376 e. The first kappa shape index (κ1) is 17.1. The first-order valence-corrected chi connectivity index (χ1v) is 7.15. The lowest BCUT2D eigenvalue weighted by atomic mass is 10.2. The fraction of sp³-hybridized carbons (Fsp3) is 0.188. The summed E-state index contributed by atoms with van der Waals surface area (Å²) in [4.78, 5) is 11.7. The highest BCUT2D eigenvalue weighted by Crippen LogP contribution is 2.36. The van der Waals surface area contributed by atoms with Gasteiger partial charge >= 0.3 is 6.18 Å². The second kappa shape index (κ2) is 7.37. The Morgan fingerprint density at radius 1 is 1.09 bits per heavy atom. The summed E-state index contributed by atoms with van der Waals surface area (Å²) >= 11 is 5.53. The molecule has 0 spiro atoms. The van der Waals surface area contributed by atoms with Gasteiger partial charge in [-0.2, -0.15) is 13.2 Å². The van der Waals surface area contributed by atoms with E-state index in [0.717, 1.165) is 17.7 Å². The van der Waals surface area contributed by atoms with Crippen molar-refractivity contribution in [2.75, 3.05) is 11.9 Å². The number of hydrogen-bond donors (Lipinski definition) is 2. The van der Waals surface area contributed by atoms with Gasteiger partial charge in [0, 0.05) is 12.2 Å². The van der Waals surface area contributed by atoms with Crippen LogP contribution in [0.15, 0.2) is 48.5 Å². The number of rotatable bonds is 5. The minimum absolute atomic E-state index is 0.133. The molecular weight excluding hydrogens is 329 g/mol. The number of carbonyl (C=O) groups is 1. The molecule has 2 rings (SSSR count). The fourth-order valence-corrected chi connectivity index (χ4v) is 2.12. The van der Waals surface area contributed by atoms with Crippen LogP contribution in [0.3, 0.4) is 0 Å². The normalized spacial score (nSPS) is 11.1. The van der Waals surface area contributed by atoms with E-state index in [1.165, 1.54) is 6.07 Å². The van der Waals surface area contributed by atoms with E-state index in [1.54, 1.807) is 0 Å². The van der Waals surface area contributed by atoms with Crippen LogP contribution >= 0.6 is 11.6 Å². The van der Waals surface area contributed by atoms with Gasteiger partial charge in [0.2, 0.25) is 5.91 Å². The largest absolute Gasteiger partial charge is 0.417 e. The number of benzene rings is 2. The van der Waals surface area contributed by atoms with Crippen molar-refractivity contribution in [3.63, 3.8) is 0 Å². The van der Waals surface area contributed by atoms with Gasteiger partial charge in [-0.25, -0.2) is 0 Å². The number of amides is 1. The highest BCUT2D eigenvalue weighted by atomic mass is 35.5. The molecule has 0 unspecified atom stereocenters. The third-order valence-electron chi connectivity index (χ3n) is 3.06. The van der Waals surface area contributed by atoms with Crippen LogP contribution < -0.4 is 10.6 Å². The average molecular weight is 343 g/mol. The van der Waals surface area contributed by atoms with Crippen molar-refractivity contribution < 1.29 is 18.0 Å². The molecule has 3 nitrogen and oxygen atoms in total. The summed E-state index contributed by atoms with van der Waals surface area (Å²) < 4.78 is 38.2. The molecular formula is C16H14ClF3N2O. The number of carbonyl (C=O) groups excluding carboxylic acids is 1. The average Bonchev–Trinajstić information content (AvgIpc) is 2.52. The lowest BCUT2D eigenvalue weighted by Crippen LogP contribution is -2.29. The van der Waals surface area contributed by atoms with Crippen molar-refractivity contribution in [1.29, 1.82) is 0 Å². The predicted molar refractivity (Wildman–Crippen MR) is 83.2 cm³/mol. The van der Waals surface area contributed by atoms with Gasteiger partial charge in [-0.05, 0) is 23.8 Å². The zero-order valence-electron chi connectivity index (χ0n) is 12.0. The number of halogens is 4. The summed E-state index contributed by atoms with van der Waals surface area (Å²) in [5, 5.41) is 4.95. The molecule has 0 aromatic heterocycles. The second-order valence-electron chi connectivity index (χ2n) is 4.81. The maximum Gasteiger partial charge on any atom is 0.417 e. The standard InChI is InChI=1S/C16H14ClF3N2O/c17-14-7-6-12(8-13(14)16(18,19)20)21-10-15(23)22-9-11-4-2-1-3-5-11/h1-8,21H,9-10H2,(H,22,23). The Morgan fingerprint density at radius 3 is 2.43 bits per heavy atom. The van der Waals surface area contributed by atoms with Gasteiger partial charge in [0.15, 0.2) is 0 Å². The summed E-state index contributed by atoms with van der Waals surface area (Å²) in [5.41, 5.74) is 0.178. The zero-order chi connectivity index (χ0) is 16.9. The lowest BCUT2D eigenvalue weighted by Gasteiger charge is -2.12. The number of anilines is 1. The van der Waals surface area contributed by atoms with Gasteiger partial charge in [-0.15, -0.1) is 0 Å². The van der Waals surface area contributed by atoms with Crippen LogP contribution in [-0.2, 0) is 17.5 Å². The van der Waals surface area contributed by atoms with E-state index < -0.39 is 11.7 Å². The molecule has 2 N–H and O–H groups in total. The first-order valence-electron chi connectivity index (χ1n) is 6.77. The Kier molecular flexibility index (Phi) is 5.50. The summed E-state index contributed by atoms with van der Waals surface area (Å²) in [6.07, 6.45) is -4.54. The lowest BCUT2D eigenvalue weighted by molar-refractivity contribution is -0.137. The van der Waals surface area contributed by atoms with Crippen molar-refractivity contribution >= 4 is 23.2 Å². The highest BCUT2D eigenvalue weighted by Gasteiger charge is 2.33. The minimum atomic E-state index is -4.54. The van der Waals surface area contributed by atoms with Gasteiger partial charge in [-0.1, -0.05) is 41.9 Å². The van der Waals surface area contributed by atoms with Crippen molar-refractivity contribution in [3.8, 4) is 0 Å². The topological polar surface area (TPSA) is 41.1 Å². The molecule has 1 amide bonds. The van der Waals surface area contributed by atoms with E-state index in [1.807, 2.05) is 30.3 Å². The first-order chi connectivity index (χ1) is 10.9. The molecule has 0 saturated heterocycles. The number of alkyl halides is 3. The van der Waals surface area contributed by atoms with Crippen molar-refractivity contribution in [2.45, 2.75) is 12.7 Å². The maximum absolute atomic E-state index is 12.7. The van der Waals surface area contributed by atoms with Crippen molar-refractivity contribution in [3.05, 3.63) is 64.7 Å². The Morgan fingerprint density at radius 2 is 1.78 bits per heavy atom. The molecule has 0 aliphatic heterocycles. The van der Waals surface area contributed by atoms with E-state index in [9.17, 15) is 18.0 Å². The van der Waals surface area contributed by atoms with Gasteiger partial charge in [-0.3, -0.25) is 4.79 Å².